The maximum atomic E-state index is 13.2. The Morgan fingerprint density at radius 2 is 1.95 bits per heavy atom. The molecule has 0 aliphatic carbocycles. The fraction of sp³-hybridized carbons (Fsp3) is 0. The zero-order valence-corrected chi connectivity index (χ0v) is 10.7. The predicted octanol–water partition coefficient (Wildman–Crippen LogP) is 4.77. The van der Waals surface area contributed by atoms with Crippen LogP contribution in [-0.4, -0.2) is 4.98 Å². The summed E-state index contributed by atoms with van der Waals surface area (Å²) in [4.78, 5) is 4.26. The molecule has 0 aliphatic rings. The van der Waals surface area contributed by atoms with Crippen molar-refractivity contribution in [2.24, 2.45) is 0 Å². The molecule has 0 radical (unpaired) electrons. The first kappa shape index (κ1) is 11.9. The Morgan fingerprint density at radius 1 is 1.05 bits per heavy atom. The summed E-state index contributed by atoms with van der Waals surface area (Å²) < 4.78 is 13.2. The van der Waals surface area contributed by atoms with Gasteiger partial charge in [-0.3, -0.25) is 4.98 Å². The smallest absolute Gasteiger partial charge is 0.125 e. The van der Waals surface area contributed by atoms with Gasteiger partial charge in [0, 0.05) is 28.0 Å². The number of anilines is 2. The Hall–Kier alpha value is -2.13. The van der Waals surface area contributed by atoms with Crippen molar-refractivity contribution < 1.29 is 4.39 Å². The average Bonchev–Trinajstić information content (AvgIpc) is 2.38. The lowest BCUT2D eigenvalue weighted by molar-refractivity contribution is 0.628. The minimum absolute atomic E-state index is 0.272. The topological polar surface area (TPSA) is 24.9 Å². The number of rotatable bonds is 2. The summed E-state index contributed by atoms with van der Waals surface area (Å²) in [7, 11) is 0. The third-order valence-corrected chi connectivity index (χ3v) is 3.04. The lowest BCUT2D eigenvalue weighted by Crippen LogP contribution is -1.93. The highest BCUT2D eigenvalue weighted by atomic mass is 35.5. The Balaban J connectivity index is 2.06. The molecule has 94 valence electrons. The van der Waals surface area contributed by atoms with Crippen LogP contribution in [0.25, 0.3) is 10.9 Å². The van der Waals surface area contributed by atoms with E-state index in [4.69, 9.17) is 11.6 Å². The number of nitrogens with zero attached hydrogens (tertiary/aromatic N) is 1. The van der Waals surface area contributed by atoms with Gasteiger partial charge in [0.2, 0.25) is 0 Å². The molecule has 0 saturated heterocycles. The van der Waals surface area contributed by atoms with Gasteiger partial charge in [0.1, 0.15) is 5.82 Å². The molecule has 4 heteroatoms. The zero-order chi connectivity index (χ0) is 13.2. The SMILES string of the molecule is Fc1cccc(Nc2ccnc3cc(Cl)ccc23)c1. The van der Waals surface area contributed by atoms with Gasteiger partial charge in [-0.1, -0.05) is 17.7 Å². The van der Waals surface area contributed by atoms with Crippen LogP contribution in [0, 0.1) is 5.82 Å². The molecule has 1 N–H and O–H groups in total. The first-order chi connectivity index (χ1) is 9.22. The molecule has 0 aliphatic heterocycles. The normalized spacial score (nSPS) is 10.6. The van der Waals surface area contributed by atoms with E-state index in [1.54, 1.807) is 18.3 Å². The number of benzene rings is 2. The van der Waals surface area contributed by atoms with Crippen LogP contribution in [0.4, 0.5) is 15.8 Å². The van der Waals surface area contributed by atoms with Gasteiger partial charge in [0.25, 0.3) is 0 Å². The molecule has 0 unspecified atom stereocenters. The molecular weight excluding hydrogens is 263 g/mol. The Bertz CT molecular complexity index is 743. The molecule has 19 heavy (non-hydrogen) atoms. The standard InChI is InChI=1S/C15H10ClFN2/c16-10-4-5-13-14(6-7-18-15(13)8-10)19-12-3-1-2-11(17)9-12/h1-9H,(H,18,19). The van der Waals surface area contributed by atoms with E-state index >= 15 is 0 Å². The number of fused-ring (bicyclic) bond motifs is 1. The summed E-state index contributed by atoms with van der Waals surface area (Å²) in [6, 6.07) is 13.7. The second-order valence-electron chi connectivity index (χ2n) is 4.16. The van der Waals surface area contributed by atoms with Crippen LogP contribution in [0.5, 0.6) is 0 Å². The van der Waals surface area contributed by atoms with Crippen LogP contribution in [0.1, 0.15) is 0 Å². The molecule has 3 rings (SSSR count). The van der Waals surface area contributed by atoms with Crippen LogP contribution in [-0.2, 0) is 0 Å². The van der Waals surface area contributed by atoms with Crippen molar-refractivity contribution in [1.82, 2.24) is 4.98 Å². The highest BCUT2D eigenvalue weighted by Crippen LogP contribution is 2.27. The summed E-state index contributed by atoms with van der Waals surface area (Å²) in [5.74, 6) is -0.272. The number of aromatic nitrogens is 1. The minimum atomic E-state index is -0.272. The van der Waals surface area contributed by atoms with Gasteiger partial charge >= 0.3 is 0 Å². The molecule has 1 heterocycles. The van der Waals surface area contributed by atoms with Crippen molar-refractivity contribution in [3.8, 4) is 0 Å². The van der Waals surface area contributed by atoms with E-state index in [2.05, 4.69) is 10.3 Å². The summed E-state index contributed by atoms with van der Waals surface area (Å²) in [6.07, 6.45) is 1.69. The van der Waals surface area contributed by atoms with Crippen LogP contribution in [0.15, 0.2) is 54.7 Å². The van der Waals surface area contributed by atoms with E-state index in [0.29, 0.717) is 10.7 Å². The monoisotopic (exact) mass is 272 g/mol. The molecule has 0 fully saturated rings. The predicted molar refractivity (Wildman–Crippen MR) is 76.4 cm³/mol. The van der Waals surface area contributed by atoms with Crippen molar-refractivity contribution in [2.45, 2.75) is 0 Å². The van der Waals surface area contributed by atoms with Crippen LogP contribution >= 0.6 is 11.6 Å². The van der Waals surface area contributed by atoms with Crippen molar-refractivity contribution >= 4 is 33.9 Å². The average molecular weight is 273 g/mol. The van der Waals surface area contributed by atoms with Gasteiger partial charge < -0.3 is 5.32 Å². The van der Waals surface area contributed by atoms with E-state index < -0.39 is 0 Å². The van der Waals surface area contributed by atoms with Gasteiger partial charge in [-0.2, -0.15) is 0 Å². The van der Waals surface area contributed by atoms with Crippen molar-refractivity contribution in [3.63, 3.8) is 0 Å². The molecule has 3 aromatic rings. The minimum Gasteiger partial charge on any atom is -0.355 e. The molecular formula is C15H10ClFN2. The van der Waals surface area contributed by atoms with Crippen molar-refractivity contribution in [2.75, 3.05) is 5.32 Å². The van der Waals surface area contributed by atoms with Gasteiger partial charge in [-0.15, -0.1) is 0 Å². The van der Waals surface area contributed by atoms with Gasteiger partial charge in [-0.25, -0.2) is 4.39 Å². The molecule has 0 saturated carbocycles. The third-order valence-electron chi connectivity index (χ3n) is 2.81. The zero-order valence-electron chi connectivity index (χ0n) is 9.90. The summed E-state index contributed by atoms with van der Waals surface area (Å²) in [5, 5.41) is 4.77. The number of hydrogen-bond acceptors (Lipinski definition) is 2. The Morgan fingerprint density at radius 3 is 2.79 bits per heavy atom. The molecule has 1 aromatic heterocycles. The van der Waals surface area contributed by atoms with E-state index in [1.165, 1.54) is 12.1 Å². The highest BCUT2D eigenvalue weighted by Gasteiger charge is 2.03. The second kappa shape index (κ2) is 4.86. The number of hydrogen-bond donors (Lipinski definition) is 1. The fourth-order valence-electron chi connectivity index (χ4n) is 1.95. The molecule has 0 amide bonds. The summed E-state index contributed by atoms with van der Waals surface area (Å²) >= 11 is 5.94. The molecule has 0 spiro atoms. The van der Waals surface area contributed by atoms with Gasteiger partial charge in [0.05, 0.1) is 5.52 Å². The van der Waals surface area contributed by atoms with E-state index in [0.717, 1.165) is 16.6 Å². The first-order valence-electron chi connectivity index (χ1n) is 5.79. The number of pyridine rings is 1. The summed E-state index contributed by atoms with van der Waals surface area (Å²) in [5.41, 5.74) is 2.36. The largest absolute Gasteiger partial charge is 0.355 e. The Labute approximate surface area is 114 Å². The second-order valence-corrected chi connectivity index (χ2v) is 4.59. The molecule has 0 bridgehead atoms. The van der Waals surface area contributed by atoms with E-state index in [1.807, 2.05) is 24.3 Å². The highest BCUT2D eigenvalue weighted by molar-refractivity contribution is 6.31. The number of halogens is 2. The first-order valence-corrected chi connectivity index (χ1v) is 6.17. The molecule has 0 atom stereocenters. The molecule has 2 nitrogen and oxygen atoms in total. The molecule has 2 aromatic carbocycles. The van der Waals surface area contributed by atoms with Gasteiger partial charge in [-0.05, 0) is 42.5 Å². The lowest BCUT2D eigenvalue weighted by Gasteiger charge is -2.09. The summed E-state index contributed by atoms with van der Waals surface area (Å²) in [6.45, 7) is 0. The number of nitrogens with one attached hydrogen (secondary N) is 1. The van der Waals surface area contributed by atoms with Crippen LogP contribution < -0.4 is 5.32 Å². The quantitative estimate of drug-likeness (QED) is 0.727. The van der Waals surface area contributed by atoms with Crippen LogP contribution in [0.3, 0.4) is 0 Å². The maximum absolute atomic E-state index is 13.2. The van der Waals surface area contributed by atoms with Crippen molar-refractivity contribution in [3.05, 3.63) is 65.6 Å². The fourth-order valence-corrected chi connectivity index (χ4v) is 2.12. The van der Waals surface area contributed by atoms with Crippen molar-refractivity contribution in [1.29, 1.82) is 0 Å². The Kier molecular flexibility index (Phi) is 3.05. The third kappa shape index (κ3) is 2.51. The van der Waals surface area contributed by atoms with Gasteiger partial charge in [0.15, 0.2) is 0 Å². The van der Waals surface area contributed by atoms with Crippen LogP contribution in [0.2, 0.25) is 5.02 Å². The van der Waals surface area contributed by atoms with E-state index in [9.17, 15) is 4.39 Å². The van der Waals surface area contributed by atoms with E-state index in [-0.39, 0.29) is 5.82 Å². The lowest BCUT2D eigenvalue weighted by atomic mass is 10.2. The maximum Gasteiger partial charge on any atom is 0.125 e.